The molecule has 0 bridgehead atoms. The SMILES string of the molecule is [C-]#[N+]C[C@H]1CN(c2nc(OC[C@@H]3CCCN3C)nc3c2CCCN(c2cccc4cccc(C)c24)C3)CCN1C(=O)C(=C)F. The molecule has 3 aliphatic heterocycles. The second-order valence-electron chi connectivity index (χ2n) is 12.2. The van der Waals surface area contributed by atoms with Crippen LogP contribution in [0.3, 0.4) is 0 Å². The summed E-state index contributed by atoms with van der Waals surface area (Å²) >= 11 is 0. The van der Waals surface area contributed by atoms with Crippen LogP contribution in [0.5, 0.6) is 6.01 Å². The van der Waals surface area contributed by atoms with Crippen LogP contribution in [-0.4, -0.2) is 90.7 Å². The van der Waals surface area contributed by atoms with E-state index in [1.807, 2.05) is 0 Å². The Bertz CT molecular complexity index is 1600. The van der Waals surface area contributed by atoms with E-state index in [4.69, 9.17) is 21.3 Å². The minimum atomic E-state index is -0.999. The summed E-state index contributed by atoms with van der Waals surface area (Å²) in [6, 6.07) is 13.1. The molecule has 230 valence electrons. The number of rotatable bonds is 7. The highest BCUT2D eigenvalue weighted by Gasteiger charge is 2.36. The van der Waals surface area contributed by atoms with Crippen molar-refractivity contribution in [3.05, 3.63) is 77.0 Å². The van der Waals surface area contributed by atoms with E-state index in [9.17, 15) is 9.18 Å². The smallest absolute Gasteiger partial charge is 0.318 e. The lowest BCUT2D eigenvalue weighted by Crippen LogP contribution is -2.56. The van der Waals surface area contributed by atoms with Crippen LogP contribution in [0, 0.1) is 13.5 Å². The molecule has 2 saturated heterocycles. The predicted molar refractivity (Wildman–Crippen MR) is 171 cm³/mol. The van der Waals surface area contributed by atoms with Crippen LogP contribution in [-0.2, 0) is 17.8 Å². The molecule has 1 aromatic heterocycles. The first kappa shape index (κ1) is 29.8. The third-order valence-electron chi connectivity index (χ3n) is 9.33. The van der Waals surface area contributed by atoms with Crippen LogP contribution >= 0.6 is 0 Å². The molecular formula is C34H40FN7O2. The molecule has 0 unspecified atom stereocenters. The van der Waals surface area contributed by atoms with E-state index < -0.39 is 17.8 Å². The highest BCUT2D eigenvalue weighted by Crippen LogP contribution is 2.35. The van der Waals surface area contributed by atoms with Crippen molar-refractivity contribution >= 4 is 28.2 Å². The quantitative estimate of drug-likeness (QED) is 0.287. The number of aryl methyl sites for hydroxylation is 1. The highest BCUT2D eigenvalue weighted by atomic mass is 19.1. The van der Waals surface area contributed by atoms with Crippen LogP contribution in [0.1, 0.15) is 36.1 Å². The Morgan fingerprint density at radius 1 is 1.09 bits per heavy atom. The minimum absolute atomic E-state index is 0.0778. The summed E-state index contributed by atoms with van der Waals surface area (Å²) < 4.78 is 20.2. The lowest BCUT2D eigenvalue weighted by Gasteiger charge is -2.40. The molecule has 0 N–H and O–H groups in total. The molecule has 1 amide bonds. The molecule has 9 nitrogen and oxygen atoms in total. The topological polar surface area (TPSA) is 69.4 Å². The van der Waals surface area contributed by atoms with Gasteiger partial charge in [0, 0.05) is 48.9 Å². The number of hydrogen-bond acceptors (Lipinski definition) is 7. The number of nitrogens with zero attached hydrogens (tertiary/aromatic N) is 7. The van der Waals surface area contributed by atoms with Gasteiger partial charge in [-0.15, -0.1) is 0 Å². The van der Waals surface area contributed by atoms with Crippen molar-refractivity contribution in [1.29, 1.82) is 0 Å². The van der Waals surface area contributed by atoms with Crippen LogP contribution in [0.4, 0.5) is 15.9 Å². The van der Waals surface area contributed by atoms with Crippen molar-refractivity contribution in [3.8, 4) is 6.01 Å². The molecule has 3 aliphatic rings. The summed E-state index contributed by atoms with van der Waals surface area (Å²) in [5.74, 6) is -0.951. The average Bonchev–Trinajstić information content (AvgIpc) is 3.31. The standard InChI is InChI=1S/C34H40FN7O2/c1-23-9-5-10-25-11-6-14-30(31(23)25)40-16-8-13-28-29(21-40)37-34(44-22-26-12-7-15-39(26)4)38-32(28)41-17-18-42(33(43)24(2)35)27(20-41)19-36-3/h5-6,9-11,14,26-27H,2,7-8,12-13,15-22H2,1,4H3/t26-,27-/m0/s1. The number of aromatic nitrogens is 2. The van der Waals surface area contributed by atoms with Crippen molar-refractivity contribution < 1.29 is 13.9 Å². The summed E-state index contributed by atoms with van der Waals surface area (Å²) in [6.07, 6.45) is 3.95. The molecule has 2 aromatic carbocycles. The van der Waals surface area contributed by atoms with Crippen molar-refractivity contribution in [2.45, 2.75) is 51.2 Å². The van der Waals surface area contributed by atoms with Gasteiger partial charge < -0.3 is 29.2 Å². The van der Waals surface area contributed by atoms with E-state index in [1.165, 1.54) is 26.9 Å². The zero-order valence-corrected chi connectivity index (χ0v) is 25.6. The van der Waals surface area contributed by atoms with Crippen LogP contribution in [0.15, 0.2) is 48.8 Å². The molecule has 0 saturated carbocycles. The number of amides is 1. The molecule has 2 fully saturated rings. The van der Waals surface area contributed by atoms with E-state index in [-0.39, 0.29) is 13.1 Å². The summed E-state index contributed by atoms with van der Waals surface area (Å²) in [7, 11) is 2.12. The maximum absolute atomic E-state index is 13.9. The number of likely N-dealkylation sites (N-methyl/N-ethyl adjacent to an activating group) is 1. The van der Waals surface area contributed by atoms with Crippen molar-refractivity contribution in [3.63, 3.8) is 0 Å². The number of hydrogen-bond donors (Lipinski definition) is 0. The molecule has 0 radical (unpaired) electrons. The van der Waals surface area contributed by atoms with Gasteiger partial charge in [0.25, 0.3) is 5.91 Å². The number of piperazine rings is 1. The molecule has 10 heteroatoms. The fourth-order valence-electron chi connectivity index (χ4n) is 6.98. The fourth-order valence-corrected chi connectivity index (χ4v) is 6.98. The van der Waals surface area contributed by atoms with Gasteiger partial charge in [0.15, 0.2) is 5.83 Å². The van der Waals surface area contributed by atoms with Crippen molar-refractivity contribution in [2.24, 2.45) is 0 Å². The normalized spacial score (nSPS) is 20.7. The van der Waals surface area contributed by atoms with Crippen LogP contribution < -0.4 is 14.5 Å². The highest BCUT2D eigenvalue weighted by molar-refractivity contribution is 5.97. The van der Waals surface area contributed by atoms with E-state index in [0.29, 0.717) is 38.3 Å². The van der Waals surface area contributed by atoms with Gasteiger partial charge in [0.1, 0.15) is 18.5 Å². The number of carbonyl (C=O) groups excluding carboxylic acids is 1. The number of likely N-dealkylation sites (tertiary alicyclic amines) is 1. The molecule has 44 heavy (non-hydrogen) atoms. The lowest BCUT2D eigenvalue weighted by atomic mass is 10.0. The molecule has 3 aromatic rings. The zero-order valence-electron chi connectivity index (χ0n) is 25.6. The van der Waals surface area contributed by atoms with Gasteiger partial charge in [-0.3, -0.25) is 4.79 Å². The first-order chi connectivity index (χ1) is 21.3. The molecule has 4 heterocycles. The van der Waals surface area contributed by atoms with E-state index in [2.05, 4.69) is 76.5 Å². The molecule has 2 atom stereocenters. The van der Waals surface area contributed by atoms with Crippen molar-refractivity contribution in [2.75, 3.05) is 62.7 Å². The number of ether oxygens (including phenoxy) is 1. The lowest BCUT2D eigenvalue weighted by molar-refractivity contribution is -0.131. The second-order valence-corrected chi connectivity index (χ2v) is 12.2. The van der Waals surface area contributed by atoms with E-state index in [0.717, 1.165) is 55.8 Å². The van der Waals surface area contributed by atoms with Crippen LogP contribution in [0.2, 0.25) is 0 Å². The van der Waals surface area contributed by atoms with Crippen LogP contribution in [0.25, 0.3) is 15.6 Å². The summed E-state index contributed by atoms with van der Waals surface area (Å²) in [5.41, 5.74) is 4.44. The monoisotopic (exact) mass is 597 g/mol. The fraction of sp³-hybridized carbons (Fsp3) is 0.471. The van der Waals surface area contributed by atoms with E-state index in [1.54, 1.807) is 0 Å². The Balaban J connectivity index is 1.36. The maximum Gasteiger partial charge on any atom is 0.318 e. The molecule has 0 spiro atoms. The largest absolute Gasteiger partial charge is 0.462 e. The number of anilines is 2. The third-order valence-corrected chi connectivity index (χ3v) is 9.33. The minimum Gasteiger partial charge on any atom is -0.462 e. The number of carbonyl (C=O) groups is 1. The molecular weight excluding hydrogens is 557 g/mol. The van der Waals surface area contributed by atoms with Gasteiger partial charge in [0.2, 0.25) is 6.54 Å². The number of halogens is 1. The third kappa shape index (κ3) is 5.93. The molecule has 6 rings (SSSR count). The Labute approximate surface area is 258 Å². The summed E-state index contributed by atoms with van der Waals surface area (Å²) in [6.45, 7) is 17.1. The van der Waals surface area contributed by atoms with Gasteiger partial charge >= 0.3 is 6.01 Å². The van der Waals surface area contributed by atoms with Gasteiger partial charge in [-0.1, -0.05) is 36.9 Å². The van der Waals surface area contributed by atoms with Gasteiger partial charge in [0.05, 0.1) is 12.2 Å². The second kappa shape index (κ2) is 12.8. The number of fused-ring (bicyclic) bond motifs is 2. The predicted octanol–water partition coefficient (Wildman–Crippen LogP) is 4.78. The number of benzene rings is 2. The van der Waals surface area contributed by atoms with E-state index >= 15 is 0 Å². The molecule has 0 aliphatic carbocycles. The van der Waals surface area contributed by atoms with Gasteiger partial charge in [-0.05, 0) is 63.2 Å². The van der Waals surface area contributed by atoms with Gasteiger partial charge in [-0.25, -0.2) is 11.0 Å². The Kier molecular flexibility index (Phi) is 8.67. The first-order valence-corrected chi connectivity index (χ1v) is 15.5. The zero-order chi connectivity index (χ0) is 30.8. The van der Waals surface area contributed by atoms with Crippen molar-refractivity contribution in [1.82, 2.24) is 19.8 Å². The van der Waals surface area contributed by atoms with Gasteiger partial charge in [-0.2, -0.15) is 9.97 Å². The Morgan fingerprint density at radius 2 is 1.91 bits per heavy atom. The summed E-state index contributed by atoms with van der Waals surface area (Å²) in [4.78, 5) is 34.4. The Hall–Kier alpha value is -4.23. The first-order valence-electron chi connectivity index (χ1n) is 15.5. The average molecular weight is 598 g/mol. The maximum atomic E-state index is 13.9. The Morgan fingerprint density at radius 3 is 2.66 bits per heavy atom. The summed E-state index contributed by atoms with van der Waals surface area (Å²) in [5, 5.41) is 2.47.